The zero-order chi connectivity index (χ0) is 17.5. The second-order valence-corrected chi connectivity index (χ2v) is 7.65. The van der Waals surface area contributed by atoms with Crippen LogP contribution in [0.5, 0.6) is 0 Å². The van der Waals surface area contributed by atoms with Crippen LogP contribution in [0.3, 0.4) is 0 Å². The Kier molecular flexibility index (Phi) is 3.55. The first-order chi connectivity index (χ1) is 12.8. The van der Waals surface area contributed by atoms with Gasteiger partial charge in [-0.1, -0.05) is 35.6 Å². The quantitative estimate of drug-likeness (QED) is 0.456. The van der Waals surface area contributed by atoms with E-state index < -0.39 is 0 Å². The highest BCUT2D eigenvalue weighted by Crippen LogP contribution is 2.31. The Morgan fingerprint density at radius 2 is 1.54 bits per heavy atom. The molecule has 0 bridgehead atoms. The summed E-state index contributed by atoms with van der Waals surface area (Å²) in [7, 11) is 0. The number of nitrogens with one attached hydrogen (secondary N) is 1. The van der Waals surface area contributed by atoms with Gasteiger partial charge in [-0.05, 0) is 36.4 Å². The Morgan fingerprint density at radius 3 is 2.27 bits per heavy atom. The first kappa shape index (κ1) is 15.2. The average molecular weight is 377 g/mol. The second kappa shape index (κ2) is 6.05. The molecule has 0 aliphatic heterocycles. The van der Waals surface area contributed by atoms with Crippen LogP contribution in [0, 0.1) is 0 Å². The van der Waals surface area contributed by atoms with Crippen LogP contribution in [0.2, 0.25) is 0 Å². The molecule has 0 saturated heterocycles. The fraction of sp³-hybridized carbons (Fsp3) is 0. The number of carbonyl (C=O) groups is 1. The van der Waals surface area contributed by atoms with Gasteiger partial charge in [0.25, 0.3) is 5.91 Å². The lowest BCUT2D eigenvalue weighted by atomic mass is 10.3. The van der Waals surface area contributed by atoms with Crippen molar-refractivity contribution in [2.75, 3.05) is 5.32 Å². The third-order valence-corrected chi connectivity index (χ3v) is 5.85. The van der Waals surface area contributed by atoms with Crippen LogP contribution in [0.25, 0.3) is 31.2 Å². The van der Waals surface area contributed by atoms with Gasteiger partial charge >= 0.3 is 0 Å². The van der Waals surface area contributed by atoms with Gasteiger partial charge in [-0.15, -0.1) is 11.3 Å². The molecule has 3 aromatic heterocycles. The van der Waals surface area contributed by atoms with E-state index in [4.69, 9.17) is 4.42 Å². The molecule has 126 valence electrons. The molecule has 7 heteroatoms. The molecule has 2 aromatic carbocycles. The Hall–Kier alpha value is -3.03. The molecular weight excluding hydrogens is 366 g/mol. The molecule has 1 N–H and O–H groups in total. The van der Waals surface area contributed by atoms with Gasteiger partial charge in [-0.2, -0.15) is 0 Å². The molecule has 0 atom stereocenters. The first-order valence-electron chi connectivity index (χ1n) is 7.89. The number of hydrogen-bond donors (Lipinski definition) is 1. The third kappa shape index (κ3) is 2.67. The standard InChI is InChI=1S/C19H11N3O2S2/c23-17(22-19-21-12-6-2-4-8-16(12)26-19)13-9-10-14(24-13)18-20-11-5-1-3-7-15(11)25-18/h1-10H,(H,21,22,23). The minimum Gasteiger partial charge on any atom is -0.448 e. The predicted molar refractivity (Wildman–Crippen MR) is 105 cm³/mol. The molecule has 5 rings (SSSR count). The molecule has 0 unspecified atom stereocenters. The maximum Gasteiger partial charge on any atom is 0.293 e. The molecular formula is C19H11N3O2S2. The summed E-state index contributed by atoms with van der Waals surface area (Å²) >= 11 is 2.97. The summed E-state index contributed by atoms with van der Waals surface area (Å²) in [6.07, 6.45) is 0. The minimum absolute atomic E-state index is 0.235. The van der Waals surface area contributed by atoms with Crippen molar-refractivity contribution in [2.45, 2.75) is 0 Å². The average Bonchev–Trinajstić information content (AvgIpc) is 3.37. The number of furan rings is 1. The van der Waals surface area contributed by atoms with Crippen molar-refractivity contribution < 1.29 is 9.21 Å². The van der Waals surface area contributed by atoms with Gasteiger partial charge in [0, 0.05) is 0 Å². The molecule has 0 saturated carbocycles. The van der Waals surface area contributed by atoms with Crippen LogP contribution in [0.1, 0.15) is 10.6 Å². The molecule has 5 aromatic rings. The van der Waals surface area contributed by atoms with Gasteiger partial charge < -0.3 is 4.42 Å². The van der Waals surface area contributed by atoms with Crippen LogP contribution in [-0.4, -0.2) is 15.9 Å². The van der Waals surface area contributed by atoms with Crippen LogP contribution in [0.4, 0.5) is 5.13 Å². The van der Waals surface area contributed by atoms with Crippen LogP contribution >= 0.6 is 22.7 Å². The van der Waals surface area contributed by atoms with Crippen LogP contribution in [-0.2, 0) is 0 Å². The SMILES string of the molecule is O=C(Nc1nc2ccccc2s1)c1ccc(-c2nc3ccccc3s2)o1. The van der Waals surface area contributed by atoms with Crippen molar-refractivity contribution in [3.8, 4) is 10.8 Å². The monoisotopic (exact) mass is 377 g/mol. The number of aromatic nitrogens is 2. The highest BCUT2D eigenvalue weighted by molar-refractivity contribution is 7.22. The van der Waals surface area contributed by atoms with E-state index in [0.717, 1.165) is 25.4 Å². The maximum atomic E-state index is 12.5. The zero-order valence-electron chi connectivity index (χ0n) is 13.3. The predicted octanol–water partition coefficient (Wildman–Crippen LogP) is 5.42. The van der Waals surface area contributed by atoms with Gasteiger partial charge in [0.2, 0.25) is 0 Å². The number of nitrogens with zero attached hydrogens (tertiary/aromatic N) is 2. The zero-order valence-corrected chi connectivity index (χ0v) is 14.9. The number of hydrogen-bond acceptors (Lipinski definition) is 6. The van der Waals surface area contributed by atoms with Crippen molar-refractivity contribution in [3.05, 3.63) is 66.4 Å². The number of thiazole rings is 2. The topological polar surface area (TPSA) is 68.0 Å². The summed E-state index contributed by atoms with van der Waals surface area (Å²) in [5, 5.41) is 4.10. The molecule has 0 spiro atoms. The van der Waals surface area contributed by atoms with E-state index in [-0.39, 0.29) is 11.7 Å². The van der Waals surface area contributed by atoms with Crippen molar-refractivity contribution in [2.24, 2.45) is 0 Å². The number of amides is 1. The lowest BCUT2D eigenvalue weighted by Gasteiger charge is -1.97. The fourth-order valence-electron chi connectivity index (χ4n) is 2.64. The Bertz CT molecular complexity index is 1190. The fourth-order valence-corrected chi connectivity index (χ4v) is 4.43. The van der Waals surface area contributed by atoms with E-state index in [9.17, 15) is 4.79 Å². The van der Waals surface area contributed by atoms with Crippen molar-refractivity contribution in [1.82, 2.24) is 9.97 Å². The number of benzene rings is 2. The smallest absolute Gasteiger partial charge is 0.293 e. The maximum absolute atomic E-state index is 12.5. The molecule has 0 aliphatic rings. The van der Waals surface area contributed by atoms with Crippen LogP contribution in [0.15, 0.2) is 65.1 Å². The first-order valence-corrected chi connectivity index (χ1v) is 9.52. The van der Waals surface area contributed by atoms with Crippen molar-refractivity contribution in [3.63, 3.8) is 0 Å². The summed E-state index contributed by atoms with van der Waals surface area (Å²) in [5.41, 5.74) is 1.78. The van der Waals surface area contributed by atoms with Crippen molar-refractivity contribution in [1.29, 1.82) is 0 Å². The largest absolute Gasteiger partial charge is 0.448 e. The Morgan fingerprint density at radius 1 is 0.846 bits per heavy atom. The van der Waals surface area contributed by atoms with E-state index in [1.165, 1.54) is 22.7 Å². The normalized spacial score (nSPS) is 11.2. The molecule has 3 heterocycles. The second-order valence-electron chi connectivity index (χ2n) is 5.59. The lowest BCUT2D eigenvalue weighted by molar-refractivity contribution is 0.0997. The Balaban J connectivity index is 1.41. The summed E-state index contributed by atoms with van der Waals surface area (Å²) in [6.45, 7) is 0. The third-order valence-electron chi connectivity index (χ3n) is 3.85. The highest BCUT2D eigenvalue weighted by Gasteiger charge is 2.16. The molecule has 0 aliphatic carbocycles. The number of carbonyl (C=O) groups excluding carboxylic acids is 1. The van der Waals surface area contributed by atoms with Gasteiger partial charge in [-0.3, -0.25) is 10.1 Å². The van der Waals surface area contributed by atoms with Gasteiger partial charge in [0.1, 0.15) is 0 Å². The van der Waals surface area contributed by atoms with E-state index in [1.54, 1.807) is 12.1 Å². The van der Waals surface area contributed by atoms with Crippen molar-refractivity contribution >= 4 is 54.1 Å². The van der Waals surface area contributed by atoms with E-state index in [0.29, 0.717) is 10.9 Å². The van der Waals surface area contributed by atoms with E-state index in [2.05, 4.69) is 15.3 Å². The van der Waals surface area contributed by atoms with Crippen LogP contribution < -0.4 is 5.32 Å². The molecule has 0 fully saturated rings. The lowest BCUT2D eigenvalue weighted by Crippen LogP contribution is -2.10. The summed E-state index contributed by atoms with van der Waals surface area (Å²) < 4.78 is 7.83. The number of fused-ring (bicyclic) bond motifs is 2. The summed E-state index contributed by atoms with van der Waals surface area (Å²) in [6, 6.07) is 19.1. The van der Waals surface area contributed by atoms with Gasteiger partial charge in [0.05, 0.1) is 20.4 Å². The number of rotatable bonds is 3. The number of para-hydroxylation sites is 2. The highest BCUT2D eigenvalue weighted by atomic mass is 32.1. The molecule has 1 amide bonds. The molecule has 0 radical (unpaired) electrons. The molecule has 5 nitrogen and oxygen atoms in total. The Labute approximate surface area is 155 Å². The van der Waals surface area contributed by atoms with E-state index in [1.807, 2.05) is 48.5 Å². The summed E-state index contributed by atoms with van der Waals surface area (Å²) in [4.78, 5) is 21.4. The molecule has 26 heavy (non-hydrogen) atoms. The number of anilines is 1. The van der Waals surface area contributed by atoms with Gasteiger partial charge in [0.15, 0.2) is 21.7 Å². The van der Waals surface area contributed by atoms with Gasteiger partial charge in [-0.25, -0.2) is 9.97 Å². The van der Waals surface area contributed by atoms with E-state index >= 15 is 0 Å². The summed E-state index contributed by atoms with van der Waals surface area (Å²) in [5.74, 6) is 0.496. The minimum atomic E-state index is -0.323.